The summed E-state index contributed by atoms with van der Waals surface area (Å²) in [5, 5.41) is 1.25. The molecule has 0 saturated heterocycles. The molecule has 0 atom stereocenters. The normalized spacial score (nSPS) is 10.7. The van der Waals surface area contributed by atoms with Crippen LogP contribution in [0.1, 0.15) is 0 Å². The number of hydrogen-bond acceptors (Lipinski definition) is 2. The first-order chi connectivity index (χ1) is 9.74. The number of nitrogens with zero attached hydrogens (tertiary/aromatic N) is 1. The third kappa shape index (κ3) is 2.97. The van der Waals surface area contributed by atoms with Crippen molar-refractivity contribution in [1.82, 2.24) is 0 Å². The average molecular weight is 363 g/mol. The summed E-state index contributed by atoms with van der Waals surface area (Å²) >= 11 is 7.16. The Morgan fingerprint density at radius 1 is 1.00 bits per heavy atom. The second-order valence-corrected chi connectivity index (χ2v) is 7.42. The zero-order valence-corrected chi connectivity index (χ0v) is 14.1. The molecule has 0 fully saturated rings. The summed E-state index contributed by atoms with van der Waals surface area (Å²) in [5.41, 5.74) is 1.27. The van der Waals surface area contributed by atoms with Gasteiger partial charge >= 0.3 is 0 Å². The van der Waals surface area contributed by atoms with Gasteiger partial charge in [0, 0.05) is 15.4 Å². The molecule has 0 radical (unpaired) electrons. The van der Waals surface area contributed by atoms with Crippen LogP contribution < -0.4 is 3.96 Å². The fraction of sp³-hybridized carbons (Fsp3) is 0.0625. The van der Waals surface area contributed by atoms with Crippen molar-refractivity contribution in [1.29, 1.82) is 0 Å². The van der Waals surface area contributed by atoms with Gasteiger partial charge < -0.3 is 0 Å². The van der Waals surface area contributed by atoms with E-state index in [1.54, 1.807) is 23.3 Å². The van der Waals surface area contributed by atoms with Crippen LogP contribution in [0.15, 0.2) is 75.1 Å². The van der Waals surface area contributed by atoms with Crippen molar-refractivity contribution >= 4 is 39.2 Å². The second kappa shape index (κ2) is 6.12. The van der Waals surface area contributed by atoms with Crippen molar-refractivity contribution < 1.29 is 3.96 Å². The minimum atomic E-state index is 1.14. The Morgan fingerprint density at radius 2 is 1.70 bits per heavy atom. The van der Waals surface area contributed by atoms with E-state index in [4.69, 9.17) is 0 Å². The number of rotatable bonds is 3. The standard InChI is InChI=1S/C16H13BrNS2/c1-18-16(19-14-10-6-5-9-13(14)17)11-15(20-18)12-7-3-2-4-8-12/h2-11H,1H3/q+1. The van der Waals surface area contributed by atoms with Crippen LogP contribution in [0.2, 0.25) is 0 Å². The quantitative estimate of drug-likeness (QED) is 0.582. The molecule has 0 amide bonds. The first-order valence-electron chi connectivity index (χ1n) is 6.22. The predicted octanol–water partition coefficient (Wildman–Crippen LogP) is 5.15. The van der Waals surface area contributed by atoms with Crippen LogP contribution >= 0.6 is 39.2 Å². The molecule has 0 unspecified atom stereocenters. The molecule has 4 heteroatoms. The lowest BCUT2D eigenvalue weighted by Gasteiger charge is -1.98. The highest BCUT2D eigenvalue weighted by Gasteiger charge is 2.17. The first kappa shape index (κ1) is 13.9. The number of hydrogen-bond donors (Lipinski definition) is 0. The van der Waals surface area contributed by atoms with E-state index >= 15 is 0 Å². The topological polar surface area (TPSA) is 3.88 Å². The average Bonchev–Trinajstić information content (AvgIpc) is 2.84. The van der Waals surface area contributed by atoms with Crippen LogP contribution in [-0.4, -0.2) is 0 Å². The SMILES string of the molecule is C[n+]1sc(-c2ccccc2)cc1Sc1ccccc1Br. The van der Waals surface area contributed by atoms with Crippen LogP contribution in [0.3, 0.4) is 0 Å². The van der Waals surface area contributed by atoms with E-state index < -0.39 is 0 Å². The number of benzene rings is 2. The van der Waals surface area contributed by atoms with Crippen LogP contribution in [-0.2, 0) is 7.05 Å². The molecule has 0 aliphatic heterocycles. The van der Waals surface area contributed by atoms with E-state index in [9.17, 15) is 0 Å². The smallest absolute Gasteiger partial charge is 0.130 e. The lowest BCUT2D eigenvalue weighted by Crippen LogP contribution is -2.23. The molecule has 0 saturated carbocycles. The summed E-state index contributed by atoms with van der Waals surface area (Å²) in [6.45, 7) is 0. The molecular formula is C16H13BrNS2+. The van der Waals surface area contributed by atoms with E-state index in [2.05, 4.69) is 75.5 Å². The molecule has 3 rings (SSSR count). The molecule has 1 nitrogen and oxygen atoms in total. The van der Waals surface area contributed by atoms with Gasteiger partial charge in [0.25, 0.3) is 5.03 Å². The number of halogens is 1. The van der Waals surface area contributed by atoms with Gasteiger partial charge in [-0.1, -0.05) is 42.5 Å². The summed E-state index contributed by atoms with van der Waals surface area (Å²) in [4.78, 5) is 2.53. The van der Waals surface area contributed by atoms with Gasteiger partial charge in [0.2, 0.25) is 0 Å². The maximum atomic E-state index is 3.60. The molecule has 0 aliphatic carbocycles. The molecule has 0 aliphatic rings. The monoisotopic (exact) mass is 362 g/mol. The molecule has 100 valence electrons. The van der Waals surface area contributed by atoms with Crippen molar-refractivity contribution in [3.63, 3.8) is 0 Å². The van der Waals surface area contributed by atoms with Crippen molar-refractivity contribution in [3.8, 4) is 10.4 Å². The lowest BCUT2D eigenvalue weighted by molar-refractivity contribution is -0.640. The molecule has 3 aromatic rings. The molecule has 20 heavy (non-hydrogen) atoms. The van der Waals surface area contributed by atoms with Crippen molar-refractivity contribution in [2.24, 2.45) is 7.05 Å². The minimum absolute atomic E-state index is 1.14. The van der Waals surface area contributed by atoms with Crippen LogP contribution in [0.4, 0.5) is 0 Å². The van der Waals surface area contributed by atoms with E-state index in [1.807, 2.05) is 12.1 Å². The minimum Gasteiger partial charge on any atom is -0.130 e. The summed E-state index contributed by atoms with van der Waals surface area (Å²) in [6.07, 6.45) is 0. The zero-order chi connectivity index (χ0) is 13.9. The van der Waals surface area contributed by atoms with Gasteiger partial charge in [-0.3, -0.25) is 0 Å². The fourth-order valence-corrected chi connectivity index (χ4v) is 4.41. The molecule has 0 bridgehead atoms. The van der Waals surface area contributed by atoms with E-state index in [0.717, 1.165) is 4.47 Å². The van der Waals surface area contributed by atoms with Crippen LogP contribution in [0.5, 0.6) is 0 Å². The summed E-state index contributed by atoms with van der Waals surface area (Å²) in [6, 6.07) is 21.1. The third-order valence-corrected chi connectivity index (χ3v) is 6.18. The lowest BCUT2D eigenvalue weighted by atomic mass is 10.2. The Bertz CT molecular complexity index is 722. The van der Waals surface area contributed by atoms with Gasteiger partial charge in [-0.15, -0.1) is 3.96 Å². The van der Waals surface area contributed by atoms with Gasteiger partial charge in [0.1, 0.15) is 16.4 Å². The highest BCUT2D eigenvalue weighted by Crippen LogP contribution is 2.35. The third-order valence-electron chi connectivity index (χ3n) is 2.91. The van der Waals surface area contributed by atoms with Gasteiger partial charge in [0.15, 0.2) is 7.05 Å². The molecule has 2 aromatic carbocycles. The Balaban J connectivity index is 1.92. The van der Waals surface area contributed by atoms with Gasteiger partial charge in [0.05, 0.1) is 0 Å². The van der Waals surface area contributed by atoms with E-state index in [1.165, 1.54) is 20.4 Å². The maximum Gasteiger partial charge on any atom is 0.259 e. The highest BCUT2D eigenvalue weighted by molar-refractivity contribution is 9.10. The summed E-state index contributed by atoms with van der Waals surface area (Å²) in [5.74, 6) is 0. The van der Waals surface area contributed by atoms with Gasteiger partial charge in [-0.05, 0) is 45.4 Å². The van der Waals surface area contributed by atoms with Crippen molar-refractivity contribution in [2.75, 3.05) is 0 Å². The Hall–Kier alpha value is -1.10. The largest absolute Gasteiger partial charge is 0.259 e. The molecule has 1 aromatic heterocycles. The van der Waals surface area contributed by atoms with E-state index in [0.29, 0.717) is 0 Å². The summed E-state index contributed by atoms with van der Waals surface area (Å²) in [7, 11) is 2.11. The molecule has 1 heterocycles. The van der Waals surface area contributed by atoms with Crippen LogP contribution in [0, 0.1) is 0 Å². The number of aromatic nitrogens is 1. The zero-order valence-electron chi connectivity index (χ0n) is 10.9. The number of aryl methyl sites for hydroxylation is 1. The Labute approximate surface area is 135 Å². The first-order valence-corrected chi connectivity index (χ1v) is 8.60. The summed E-state index contributed by atoms with van der Waals surface area (Å²) < 4.78 is 3.35. The highest BCUT2D eigenvalue weighted by atomic mass is 79.9. The van der Waals surface area contributed by atoms with Gasteiger partial charge in [-0.2, -0.15) is 0 Å². The Kier molecular flexibility index (Phi) is 4.24. The fourth-order valence-electron chi connectivity index (χ4n) is 1.89. The Morgan fingerprint density at radius 3 is 2.45 bits per heavy atom. The molecular weight excluding hydrogens is 350 g/mol. The van der Waals surface area contributed by atoms with Crippen molar-refractivity contribution in [2.45, 2.75) is 9.92 Å². The second-order valence-electron chi connectivity index (χ2n) is 4.33. The maximum absolute atomic E-state index is 3.60. The van der Waals surface area contributed by atoms with E-state index in [-0.39, 0.29) is 0 Å². The molecule has 0 N–H and O–H groups in total. The van der Waals surface area contributed by atoms with Crippen LogP contribution in [0.25, 0.3) is 10.4 Å². The molecule has 0 spiro atoms. The predicted molar refractivity (Wildman–Crippen MR) is 89.2 cm³/mol. The van der Waals surface area contributed by atoms with Crippen molar-refractivity contribution in [3.05, 3.63) is 65.1 Å². The van der Waals surface area contributed by atoms with Gasteiger partial charge in [-0.25, -0.2) is 0 Å².